The fourth-order valence-corrected chi connectivity index (χ4v) is 2.01. The molecule has 21 heavy (non-hydrogen) atoms. The molecule has 7 heteroatoms. The van der Waals surface area contributed by atoms with Gasteiger partial charge in [-0.1, -0.05) is 5.16 Å². The molecule has 7 nitrogen and oxygen atoms in total. The summed E-state index contributed by atoms with van der Waals surface area (Å²) < 4.78 is 20.9. The highest BCUT2D eigenvalue weighted by Crippen LogP contribution is 2.38. The minimum atomic E-state index is -1.15. The summed E-state index contributed by atoms with van der Waals surface area (Å²) in [6.45, 7) is 0.249. The van der Waals surface area contributed by atoms with Crippen molar-refractivity contribution in [3.63, 3.8) is 0 Å². The number of benzene rings is 1. The Labute approximate surface area is 121 Å². The average molecular weight is 293 g/mol. The van der Waals surface area contributed by atoms with Crippen molar-refractivity contribution in [1.82, 2.24) is 5.16 Å². The van der Waals surface area contributed by atoms with Crippen LogP contribution in [0, 0.1) is 0 Å². The molecule has 0 aliphatic carbocycles. The number of hydrogen-bond donors (Lipinski definition) is 1. The first-order valence-electron chi connectivity index (χ1n) is 6.05. The third-order valence-corrected chi connectivity index (χ3v) is 2.93. The number of carbonyl (C=O) groups is 1. The summed E-state index contributed by atoms with van der Waals surface area (Å²) in [6, 6.07) is 4.79. The summed E-state index contributed by atoms with van der Waals surface area (Å²) in [5.74, 6) is 0.218. The molecule has 0 unspecified atom stereocenters. The maximum absolute atomic E-state index is 10.9. The van der Waals surface area contributed by atoms with Crippen molar-refractivity contribution >= 4 is 5.97 Å². The van der Waals surface area contributed by atoms with E-state index in [1.807, 2.05) is 0 Å². The number of aromatic carboxylic acids is 1. The lowest BCUT2D eigenvalue weighted by Crippen LogP contribution is -2.00. The fraction of sp³-hybridized carbons (Fsp3) is 0.286. The molecule has 0 saturated carbocycles. The van der Waals surface area contributed by atoms with Gasteiger partial charge in [0.25, 0.3) is 0 Å². The lowest BCUT2D eigenvalue weighted by Gasteiger charge is -2.15. The van der Waals surface area contributed by atoms with Gasteiger partial charge in [0.05, 0.1) is 20.8 Å². The monoisotopic (exact) mass is 293 g/mol. The Balaban J connectivity index is 2.58. The third-order valence-electron chi connectivity index (χ3n) is 2.93. The zero-order valence-electron chi connectivity index (χ0n) is 11.9. The molecule has 2 rings (SSSR count). The van der Waals surface area contributed by atoms with Crippen LogP contribution in [0.1, 0.15) is 16.1 Å². The molecule has 0 fully saturated rings. The molecule has 0 bridgehead atoms. The van der Waals surface area contributed by atoms with Gasteiger partial charge in [0.2, 0.25) is 0 Å². The molecule has 0 amide bonds. The number of methoxy groups -OCH3 is 3. The number of carboxylic acids is 1. The molecule has 0 saturated heterocycles. The quantitative estimate of drug-likeness (QED) is 0.872. The molecule has 2 aromatic rings. The zero-order valence-corrected chi connectivity index (χ0v) is 11.9. The van der Waals surface area contributed by atoms with Crippen molar-refractivity contribution in [3.8, 4) is 22.8 Å². The Bertz CT molecular complexity index is 649. The van der Waals surface area contributed by atoms with E-state index in [-0.39, 0.29) is 12.3 Å². The second-order valence-corrected chi connectivity index (χ2v) is 4.14. The van der Waals surface area contributed by atoms with Crippen LogP contribution in [-0.4, -0.2) is 37.6 Å². The van der Waals surface area contributed by atoms with Gasteiger partial charge in [-0.15, -0.1) is 0 Å². The Morgan fingerprint density at radius 1 is 1.29 bits per heavy atom. The summed E-state index contributed by atoms with van der Waals surface area (Å²) in [6.07, 6.45) is 0. The van der Waals surface area contributed by atoms with Crippen LogP contribution in [0.15, 0.2) is 22.7 Å². The van der Waals surface area contributed by atoms with E-state index in [4.69, 9.17) is 23.8 Å². The average Bonchev–Trinajstić information content (AvgIpc) is 2.96. The second kappa shape index (κ2) is 6.27. The molecular weight excluding hydrogens is 278 g/mol. The predicted molar refractivity (Wildman–Crippen MR) is 72.7 cm³/mol. The van der Waals surface area contributed by atoms with E-state index < -0.39 is 5.97 Å². The highest BCUT2D eigenvalue weighted by Gasteiger charge is 2.20. The van der Waals surface area contributed by atoms with Crippen molar-refractivity contribution in [1.29, 1.82) is 0 Å². The Hall–Kier alpha value is -2.54. The van der Waals surface area contributed by atoms with E-state index in [2.05, 4.69) is 5.16 Å². The predicted octanol–water partition coefficient (Wildman–Crippen LogP) is 2.20. The Morgan fingerprint density at radius 2 is 2.05 bits per heavy atom. The van der Waals surface area contributed by atoms with Gasteiger partial charge < -0.3 is 23.8 Å². The van der Waals surface area contributed by atoms with Crippen molar-refractivity contribution < 1.29 is 28.6 Å². The van der Waals surface area contributed by atoms with Gasteiger partial charge in [0.15, 0.2) is 23.0 Å². The van der Waals surface area contributed by atoms with Crippen LogP contribution in [-0.2, 0) is 11.3 Å². The first-order chi connectivity index (χ1) is 10.1. The van der Waals surface area contributed by atoms with Crippen LogP contribution >= 0.6 is 0 Å². The van der Waals surface area contributed by atoms with E-state index in [1.54, 1.807) is 19.2 Å². The maximum Gasteiger partial charge on any atom is 0.358 e. The van der Waals surface area contributed by atoms with Crippen LogP contribution < -0.4 is 9.47 Å². The molecule has 1 aromatic carbocycles. The van der Waals surface area contributed by atoms with Crippen molar-refractivity contribution in [2.24, 2.45) is 0 Å². The minimum absolute atomic E-state index is 0.164. The van der Waals surface area contributed by atoms with Crippen molar-refractivity contribution in [2.75, 3.05) is 21.3 Å². The number of ether oxygens (including phenoxy) is 3. The molecular formula is C14H15NO6. The highest BCUT2D eigenvalue weighted by molar-refractivity contribution is 5.86. The number of aromatic nitrogens is 1. The van der Waals surface area contributed by atoms with E-state index in [9.17, 15) is 4.79 Å². The molecule has 0 radical (unpaired) electrons. The lowest BCUT2D eigenvalue weighted by atomic mass is 10.0. The van der Waals surface area contributed by atoms with E-state index >= 15 is 0 Å². The second-order valence-electron chi connectivity index (χ2n) is 4.14. The normalized spacial score (nSPS) is 10.4. The molecule has 0 spiro atoms. The van der Waals surface area contributed by atoms with Gasteiger partial charge in [-0.2, -0.15) is 0 Å². The highest BCUT2D eigenvalue weighted by atomic mass is 16.5. The summed E-state index contributed by atoms with van der Waals surface area (Å²) in [5.41, 5.74) is 1.16. The number of hydrogen-bond acceptors (Lipinski definition) is 6. The lowest BCUT2D eigenvalue weighted by molar-refractivity contribution is 0.0686. The molecule has 0 aliphatic heterocycles. The fourth-order valence-electron chi connectivity index (χ4n) is 2.01. The van der Waals surface area contributed by atoms with Gasteiger partial charge in [-0.3, -0.25) is 0 Å². The molecule has 1 N–H and O–H groups in total. The summed E-state index contributed by atoms with van der Waals surface area (Å²) >= 11 is 0. The topological polar surface area (TPSA) is 91.0 Å². The van der Waals surface area contributed by atoms with Crippen LogP contribution in [0.25, 0.3) is 11.3 Å². The number of nitrogens with zero attached hydrogens (tertiary/aromatic N) is 1. The first-order valence-corrected chi connectivity index (χ1v) is 6.05. The smallest absolute Gasteiger partial charge is 0.358 e. The zero-order chi connectivity index (χ0) is 15.4. The van der Waals surface area contributed by atoms with Gasteiger partial charge >= 0.3 is 5.97 Å². The van der Waals surface area contributed by atoms with Gasteiger partial charge in [0, 0.05) is 24.3 Å². The molecule has 112 valence electrons. The van der Waals surface area contributed by atoms with E-state index in [0.717, 1.165) is 0 Å². The standard InChI is InChI=1S/C14H15NO6/c1-18-7-9-8(4-5-11(19-2)13(9)20-3)12-6-10(14(16)17)15-21-12/h4-6H,7H2,1-3H3,(H,16,17). The van der Waals surface area contributed by atoms with Crippen LogP contribution in [0.2, 0.25) is 0 Å². The molecule has 1 heterocycles. The van der Waals surface area contributed by atoms with Gasteiger partial charge in [-0.25, -0.2) is 4.79 Å². The number of carboxylic acid groups (broad SMARTS) is 1. The number of rotatable bonds is 6. The van der Waals surface area contributed by atoms with Gasteiger partial charge in [-0.05, 0) is 12.1 Å². The summed E-state index contributed by atoms with van der Waals surface area (Å²) in [5, 5.41) is 12.4. The van der Waals surface area contributed by atoms with Crippen LogP contribution in [0.5, 0.6) is 11.5 Å². The Morgan fingerprint density at radius 3 is 2.57 bits per heavy atom. The van der Waals surface area contributed by atoms with E-state index in [1.165, 1.54) is 20.3 Å². The molecule has 0 aliphatic rings. The van der Waals surface area contributed by atoms with Crippen LogP contribution in [0.3, 0.4) is 0 Å². The molecule has 0 atom stereocenters. The van der Waals surface area contributed by atoms with Crippen molar-refractivity contribution in [2.45, 2.75) is 6.61 Å². The Kier molecular flexibility index (Phi) is 4.44. The van der Waals surface area contributed by atoms with Crippen molar-refractivity contribution in [3.05, 3.63) is 29.5 Å². The first kappa shape index (κ1) is 14.9. The SMILES string of the molecule is COCc1c(-c2cc(C(=O)O)no2)ccc(OC)c1OC. The minimum Gasteiger partial charge on any atom is -0.493 e. The van der Waals surface area contributed by atoms with E-state index in [0.29, 0.717) is 28.4 Å². The largest absolute Gasteiger partial charge is 0.493 e. The summed E-state index contributed by atoms with van der Waals surface area (Å²) in [7, 11) is 4.60. The van der Waals surface area contributed by atoms with Crippen LogP contribution in [0.4, 0.5) is 0 Å². The van der Waals surface area contributed by atoms with Gasteiger partial charge in [0.1, 0.15) is 0 Å². The third kappa shape index (κ3) is 2.82. The molecule has 1 aromatic heterocycles. The summed E-state index contributed by atoms with van der Waals surface area (Å²) in [4.78, 5) is 10.9. The maximum atomic E-state index is 10.9.